The van der Waals surface area contributed by atoms with Crippen LogP contribution in [0.15, 0.2) is 48.8 Å². The van der Waals surface area contributed by atoms with E-state index in [0.717, 1.165) is 48.2 Å². The van der Waals surface area contributed by atoms with Crippen LogP contribution in [0.3, 0.4) is 0 Å². The van der Waals surface area contributed by atoms with Crippen LogP contribution in [0.2, 0.25) is 0 Å². The Morgan fingerprint density at radius 1 is 0.960 bits per heavy atom. The molecule has 3 aromatic rings. The number of pyridine rings is 2. The van der Waals surface area contributed by atoms with Gasteiger partial charge in [0.15, 0.2) is 6.29 Å². The van der Waals surface area contributed by atoms with Crippen molar-refractivity contribution in [1.82, 2.24) is 9.97 Å². The van der Waals surface area contributed by atoms with Crippen LogP contribution in [0.4, 0.5) is 0 Å². The first-order chi connectivity index (χ1) is 12.3. The lowest BCUT2D eigenvalue weighted by atomic mass is 9.97. The quantitative estimate of drug-likeness (QED) is 0.675. The van der Waals surface area contributed by atoms with E-state index in [-0.39, 0.29) is 0 Å². The van der Waals surface area contributed by atoms with Gasteiger partial charge in [-0.1, -0.05) is 12.1 Å². The highest BCUT2D eigenvalue weighted by Crippen LogP contribution is 2.37. The van der Waals surface area contributed by atoms with Crippen LogP contribution in [0.25, 0.3) is 22.5 Å². The summed E-state index contributed by atoms with van der Waals surface area (Å²) in [7, 11) is 1.67. The van der Waals surface area contributed by atoms with Crippen molar-refractivity contribution >= 4 is 6.29 Å². The molecule has 0 unspecified atom stereocenters. The zero-order valence-electron chi connectivity index (χ0n) is 14.0. The Morgan fingerprint density at radius 2 is 1.76 bits per heavy atom. The third-order valence-corrected chi connectivity index (χ3v) is 4.72. The van der Waals surface area contributed by atoms with E-state index in [4.69, 9.17) is 9.72 Å². The average Bonchev–Trinajstić information content (AvgIpc) is 3.17. The molecule has 2 heterocycles. The van der Waals surface area contributed by atoms with Gasteiger partial charge in [0.1, 0.15) is 5.75 Å². The van der Waals surface area contributed by atoms with E-state index in [2.05, 4.69) is 17.1 Å². The Balaban J connectivity index is 1.79. The summed E-state index contributed by atoms with van der Waals surface area (Å²) < 4.78 is 5.24. The fourth-order valence-corrected chi connectivity index (χ4v) is 3.44. The highest BCUT2D eigenvalue weighted by molar-refractivity contribution is 5.77. The van der Waals surface area contributed by atoms with Gasteiger partial charge >= 0.3 is 0 Å². The van der Waals surface area contributed by atoms with Crippen molar-refractivity contribution < 1.29 is 9.53 Å². The summed E-state index contributed by atoms with van der Waals surface area (Å²) in [5, 5.41) is 0. The SMILES string of the molecule is COc1ccc(-c2cnc(-c3ccc(C=O)cn3)c3c2CCC3)cc1. The Labute approximate surface area is 146 Å². The zero-order chi connectivity index (χ0) is 17.2. The number of rotatable bonds is 4. The van der Waals surface area contributed by atoms with Gasteiger partial charge in [-0.15, -0.1) is 0 Å². The predicted octanol–water partition coefficient (Wildman–Crippen LogP) is 4.12. The van der Waals surface area contributed by atoms with Crippen LogP contribution in [0.1, 0.15) is 27.9 Å². The van der Waals surface area contributed by atoms with Gasteiger partial charge in [0.25, 0.3) is 0 Å². The molecular weight excluding hydrogens is 312 g/mol. The number of fused-ring (bicyclic) bond motifs is 1. The minimum atomic E-state index is 0.579. The molecule has 1 aliphatic rings. The first-order valence-electron chi connectivity index (χ1n) is 8.37. The summed E-state index contributed by atoms with van der Waals surface area (Å²) >= 11 is 0. The fraction of sp³-hybridized carbons (Fsp3) is 0.190. The summed E-state index contributed by atoms with van der Waals surface area (Å²) in [6, 6.07) is 11.8. The maximum Gasteiger partial charge on any atom is 0.151 e. The normalized spacial score (nSPS) is 12.7. The summed E-state index contributed by atoms with van der Waals surface area (Å²) in [4.78, 5) is 19.9. The molecule has 0 atom stereocenters. The molecule has 0 amide bonds. The minimum Gasteiger partial charge on any atom is -0.497 e. The van der Waals surface area contributed by atoms with Crippen molar-refractivity contribution in [1.29, 1.82) is 0 Å². The van der Waals surface area contributed by atoms with E-state index >= 15 is 0 Å². The molecule has 25 heavy (non-hydrogen) atoms. The Morgan fingerprint density at radius 3 is 2.44 bits per heavy atom. The van der Waals surface area contributed by atoms with E-state index < -0.39 is 0 Å². The number of hydrogen-bond acceptors (Lipinski definition) is 4. The molecule has 124 valence electrons. The maximum absolute atomic E-state index is 10.8. The first kappa shape index (κ1) is 15.5. The zero-order valence-corrected chi connectivity index (χ0v) is 14.0. The molecule has 1 aliphatic carbocycles. The molecule has 4 heteroatoms. The number of methoxy groups -OCH3 is 1. The fourth-order valence-electron chi connectivity index (χ4n) is 3.44. The highest BCUT2D eigenvalue weighted by atomic mass is 16.5. The number of benzene rings is 1. The minimum absolute atomic E-state index is 0.579. The first-order valence-corrected chi connectivity index (χ1v) is 8.37. The summed E-state index contributed by atoms with van der Waals surface area (Å²) in [6.07, 6.45) is 7.54. The molecule has 4 nitrogen and oxygen atoms in total. The number of carbonyl (C=O) groups excluding carboxylic acids is 1. The number of carbonyl (C=O) groups is 1. The molecule has 0 N–H and O–H groups in total. The van der Waals surface area contributed by atoms with Crippen LogP contribution < -0.4 is 4.74 Å². The van der Waals surface area contributed by atoms with Crippen LogP contribution in [-0.4, -0.2) is 23.4 Å². The smallest absolute Gasteiger partial charge is 0.151 e. The van der Waals surface area contributed by atoms with Crippen molar-refractivity contribution in [2.45, 2.75) is 19.3 Å². The highest BCUT2D eigenvalue weighted by Gasteiger charge is 2.21. The molecule has 0 radical (unpaired) electrons. The van der Waals surface area contributed by atoms with E-state index in [1.807, 2.05) is 24.4 Å². The van der Waals surface area contributed by atoms with Crippen LogP contribution in [0, 0.1) is 0 Å². The molecule has 0 saturated heterocycles. The number of aldehydes is 1. The van der Waals surface area contributed by atoms with Crippen molar-refractivity contribution in [3.05, 3.63) is 65.5 Å². The van der Waals surface area contributed by atoms with Gasteiger partial charge in [-0.3, -0.25) is 14.8 Å². The lowest BCUT2D eigenvalue weighted by Gasteiger charge is -2.13. The van der Waals surface area contributed by atoms with Crippen molar-refractivity contribution in [2.75, 3.05) is 7.11 Å². The van der Waals surface area contributed by atoms with Gasteiger partial charge in [0.2, 0.25) is 0 Å². The summed E-state index contributed by atoms with van der Waals surface area (Å²) in [5.74, 6) is 0.851. The molecule has 0 spiro atoms. The largest absolute Gasteiger partial charge is 0.497 e. The lowest BCUT2D eigenvalue weighted by Crippen LogP contribution is -1.98. The second kappa shape index (κ2) is 6.48. The third kappa shape index (κ3) is 2.80. The van der Waals surface area contributed by atoms with Crippen molar-refractivity contribution in [2.24, 2.45) is 0 Å². The summed E-state index contributed by atoms with van der Waals surface area (Å²) in [5.41, 5.74) is 7.31. The average molecular weight is 330 g/mol. The van der Waals surface area contributed by atoms with Gasteiger partial charge in [-0.2, -0.15) is 0 Å². The molecule has 4 rings (SSSR count). The Hall–Kier alpha value is -3.01. The second-order valence-corrected chi connectivity index (χ2v) is 6.15. The molecule has 0 fully saturated rings. The maximum atomic E-state index is 10.8. The van der Waals surface area contributed by atoms with E-state index in [9.17, 15) is 4.79 Å². The molecule has 0 saturated carbocycles. The molecule has 0 bridgehead atoms. The van der Waals surface area contributed by atoms with Gasteiger partial charge in [0.05, 0.1) is 18.5 Å². The number of hydrogen-bond donors (Lipinski definition) is 0. The van der Waals surface area contributed by atoms with Gasteiger partial charge in [-0.05, 0) is 60.2 Å². The lowest BCUT2D eigenvalue weighted by molar-refractivity contribution is 0.112. The van der Waals surface area contributed by atoms with Crippen LogP contribution in [0.5, 0.6) is 5.75 Å². The van der Waals surface area contributed by atoms with E-state index in [1.165, 1.54) is 16.7 Å². The Bertz CT molecular complexity index is 916. The number of nitrogens with zero attached hydrogens (tertiary/aromatic N) is 2. The second-order valence-electron chi connectivity index (χ2n) is 6.15. The molecule has 0 aliphatic heterocycles. The predicted molar refractivity (Wildman–Crippen MR) is 96.9 cm³/mol. The van der Waals surface area contributed by atoms with E-state index in [1.54, 1.807) is 19.4 Å². The number of ether oxygens (including phenoxy) is 1. The van der Waals surface area contributed by atoms with E-state index in [0.29, 0.717) is 5.56 Å². The van der Waals surface area contributed by atoms with Gasteiger partial charge in [0, 0.05) is 23.5 Å². The molecular formula is C21H18N2O2. The van der Waals surface area contributed by atoms with Crippen molar-refractivity contribution in [3.8, 4) is 28.3 Å². The molecule has 2 aromatic heterocycles. The standard InChI is InChI=1S/C21H18N2O2/c1-25-16-8-6-15(7-9-16)19-12-23-21(18-4-2-3-17(18)19)20-10-5-14(13-24)11-22-20/h5-13H,2-4H2,1H3. The topological polar surface area (TPSA) is 52.1 Å². The van der Waals surface area contributed by atoms with Gasteiger partial charge in [-0.25, -0.2) is 0 Å². The summed E-state index contributed by atoms with van der Waals surface area (Å²) in [6.45, 7) is 0. The van der Waals surface area contributed by atoms with Crippen LogP contribution in [-0.2, 0) is 12.8 Å². The van der Waals surface area contributed by atoms with Gasteiger partial charge < -0.3 is 4.74 Å². The van der Waals surface area contributed by atoms with Crippen LogP contribution >= 0.6 is 0 Å². The monoisotopic (exact) mass is 330 g/mol. The molecule has 1 aromatic carbocycles. The number of aromatic nitrogens is 2. The Kier molecular flexibility index (Phi) is 4.02. The van der Waals surface area contributed by atoms with Crippen molar-refractivity contribution in [3.63, 3.8) is 0 Å². The third-order valence-electron chi connectivity index (χ3n) is 4.72.